The van der Waals surface area contributed by atoms with Crippen molar-refractivity contribution >= 4 is 16.8 Å². The average molecular weight is 361 g/mol. The van der Waals surface area contributed by atoms with Crippen LogP contribution in [0.4, 0.5) is 0 Å². The maximum Gasteiger partial charge on any atom is 0.255 e. The van der Waals surface area contributed by atoms with Gasteiger partial charge in [0.1, 0.15) is 0 Å². The van der Waals surface area contributed by atoms with Gasteiger partial charge in [-0.05, 0) is 38.8 Å². The first-order chi connectivity index (χ1) is 13.1. The number of para-hydroxylation sites is 1. The second kappa shape index (κ2) is 8.34. The maximum atomic E-state index is 13.6. The summed E-state index contributed by atoms with van der Waals surface area (Å²) in [5.74, 6) is 0.0921. The molecule has 3 rings (SSSR count). The molecule has 0 fully saturated rings. The highest BCUT2D eigenvalue weighted by Gasteiger charge is 2.26. The third-order valence-corrected chi connectivity index (χ3v) is 5.38. The molecule has 2 atom stereocenters. The predicted octanol–water partition coefficient (Wildman–Crippen LogP) is 5.94. The van der Waals surface area contributed by atoms with Crippen LogP contribution in [0.15, 0.2) is 60.7 Å². The molecular formula is C24H28N2O. The minimum absolute atomic E-state index is 0.0921. The van der Waals surface area contributed by atoms with E-state index in [1.807, 2.05) is 65.6 Å². The molecule has 0 saturated heterocycles. The van der Waals surface area contributed by atoms with E-state index < -0.39 is 0 Å². The molecule has 0 saturated carbocycles. The van der Waals surface area contributed by atoms with Gasteiger partial charge in [0.25, 0.3) is 5.91 Å². The van der Waals surface area contributed by atoms with Gasteiger partial charge in [0.05, 0.1) is 16.8 Å². The van der Waals surface area contributed by atoms with Crippen LogP contribution >= 0.6 is 0 Å². The van der Waals surface area contributed by atoms with Crippen molar-refractivity contribution in [3.8, 4) is 11.3 Å². The van der Waals surface area contributed by atoms with Gasteiger partial charge in [-0.25, -0.2) is 4.98 Å². The Kier molecular flexibility index (Phi) is 5.90. The summed E-state index contributed by atoms with van der Waals surface area (Å²) in [6.45, 7) is 8.53. The predicted molar refractivity (Wildman–Crippen MR) is 113 cm³/mol. The summed E-state index contributed by atoms with van der Waals surface area (Å²) >= 11 is 0. The van der Waals surface area contributed by atoms with Gasteiger partial charge in [0, 0.05) is 23.0 Å². The van der Waals surface area contributed by atoms with Gasteiger partial charge in [-0.3, -0.25) is 4.79 Å². The van der Waals surface area contributed by atoms with Gasteiger partial charge in [0.15, 0.2) is 0 Å². The maximum absolute atomic E-state index is 13.6. The molecule has 0 spiro atoms. The van der Waals surface area contributed by atoms with Gasteiger partial charge in [0.2, 0.25) is 0 Å². The molecule has 27 heavy (non-hydrogen) atoms. The van der Waals surface area contributed by atoms with Crippen LogP contribution in [0, 0.1) is 0 Å². The number of carbonyl (C=O) groups is 1. The molecular weight excluding hydrogens is 332 g/mol. The van der Waals surface area contributed by atoms with Crippen LogP contribution in [0.25, 0.3) is 22.2 Å². The van der Waals surface area contributed by atoms with E-state index in [0.717, 1.165) is 40.6 Å². The van der Waals surface area contributed by atoms with Crippen LogP contribution in [0.3, 0.4) is 0 Å². The number of aromatic nitrogens is 1. The lowest BCUT2D eigenvalue weighted by Crippen LogP contribution is -2.44. The van der Waals surface area contributed by atoms with E-state index in [9.17, 15) is 4.79 Å². The molecule has 0 aliphatic carbocycles. The first kappa shape index (κ1) is 19.1. The number of carbonyl (C=O) groups excluding carboxylic acids is 1. The highest BCUT2D eigenvalue weighted by molar-refractivity contribution is 6.07. The second-order valence-electron chi connectivity index (χ2n) is 7.17. The zero-order valence-corrected chi connectivity index (χ0v) is 16.6. The van der Waals surface area contributed by atoms with Crippen molar-refractivity contribution in [2.45, 2.75) is 52.6 Å². The molecule has 0 aliphatic heterocycles. The average Bonchev–Trinajstić information content (AvgIpc) is 2.73. The van der Waals surface area contributed by atoms with Gasteiger partial charge in [-0.2, -0.15) is 0 Å². The van der Waals surface area contributed by atoms with E-state index in [1.165, 1.54) is 0 Å². The summed E-state index contributed by atoms with van der Waals surface area (Å²) in [6.07, 6.45) is 1.87. The molecule has 1 heterocycles. The van der Waals surface area contributed by atoms with E-state index >= 15 is 0 Å². The molecule has 0 aliphatic rings. The van der Waals surface area contributed by atoms with E-state index in [1.54, 1.807) is 0 Å². The minimum Gasteiger partial charge on any atom is -0.333 e. The molecule has 0 N–H and O–H groups in total. The van der Waals surface area contributed by atoms with Crippen molar-refractivity contribution in [1.29, 1.82) is 0 Å². The molecule has 0 radical (unpaired) electrons. The fourth-order valence-corrected chi connectivity index (χ4v) is 3.48. The largest absolute Gasteiger partial charge is 0.333 e. The van der Waals surface area contributed by atoms with E-state index in [0.29, 0.717) is 0 Å². The summed E-state index contributed by atoms with van der Waals surface area (Å²) in [5.41, 5.74) is 3.46. The lowest BCUT2D eigenvalue weighted by Gasteiger charge is -2.34. The molecule has 3 aromatic rings. The van der Waals surface area contributed by atoms with E-state index in [2.05, 4.69) is 27.7 Å². The SMILES string of the molecule is CCC(C)N(C(=O)c1cc(-c2ccccc2)nc2ccccc12)C(C)CC. The molecule has 3 nitrogen and oxygen atoms in total. The van der Waals surface area contributed by atoms with Crippen LogP contribution < -0.4 is 0 Å². The Morgan fingerprint density at radius 3 is 2.15 bits per heavy atom. The molecule has 2 aromatic carbocycles. The molecule has 2 unspecified atom stereocenters. The van der Waals surface area contributed by atoms with Gasteiger partial charge in [-0.1, -0.05) is 62.4 Å². The monoisotopic (exact) mass is 360 g/mol. The third-order valence-electron chi connectivity index (χ3n) is 5.38. The summed E-state index contributed by atoms with van der Waals surface area (Å²) in [7, 11) is 0. The van der Waals surface area contributed by atoms with Crippen molar-refractivity contribution in [3.05, 3.63) is 66.2 Å². The minimum atomic E-state index is 0.0921. The molecule has 1 aromatic heterocycles. The number of benzene rings is 2. The summed E-state index contributed by atoms with van der Waals surface area (Å²) in [6, 6.07) is 20.3. The fraction of sp³-hybridized carbons (Fsp3) is 0.333. The number of amides is 1. The summed E-state index contributed by atoms with van der Waals surface area (Å²) in [5, 5.41) is 0.916. The van der Waals surface area contributed by atoms with Crippen LogP contribution in [-0.4, -0.2) is 27.9 Å². The Bertz CT molecular complexity index is 910. The van der Waals surface area contributed by atoms with Crippen LogP contribution in [0.5, 0.6) is 0 Å². The fourth-order valence-electron chi connectivity index (χ4n) is 3.48. The van der Waals surface area contributed by atoms with Crippen LogP contribution in [0.1, 0.15) is 50.9 Å². The quantitative estimate of drug-likeness (QED) is 0.545. The molecule has 3 heteroatoms. The Hall–Kier alpha value is -2.68. The first-order valence-corrected chi connectivity index (χ1v) is 9.84. The normalized spacial score (nSPS) is 13.3. The topological polar surface area (TPSA) is 33.2 Å². The Morgan fingerprint density at radius 2 is 1.52 bits per heavy atom. The van der Waals surface area contributed by atoms with Crippen molar-refractivity contribution < 1.29 is 4.79 Å². The number of hydrogen-bond donors (Lipinski definition) is 0. The number of pyridine rings is 1. The van der Waals surface area contributed by atoms with Gasteiger partial charge in [-0.15, -0.1) is 0 Å². The van der Waals surface area contributed by atoms with Gasteiger partial charge < -0.3 is 4.90 Å². The van der Waals surface area contributed by atoms with Crippen LogP contribution in [0.2, 0.25) is 0 Å². The first-order valence-electron chi connectivity index (χ1n) is 9.84. The summed E-state index contributed by atoms with van der Waals surface area (Å²) < 4.78 is 0. The van der Waals surface area contributed by atoms with E-state index in [-0.39, 0.29) is 18.0 Å². The number of fused-ring (bicyclic) bond motifs is 1. The summed E-state index contributed by atoms with van der Waals surface area (Å²) in [4.78, 5) is 20.5. The van der Waals surface area contributed by atoms with Crippen molar-refractivity contribution in [1.82, 2.24) is 9.88 Å². The van der Waals surface area contributed by atoms with E-state index in [4.69, 9.17) is 4.98 Å². The smallest absolute Gasteiger partial charge is 0.255 e. The molecule has 1 amide bonds. The molecule has 140 valence electrons. The highest BCUT2D eigenvalue weighted by atomic mass is 16.2. The molecule has 0 bridgehead atoms. The zero-order chi connectivity index (χ0) is 19.4. The standard InChI is InChI=1S/C24H28N2O/c1-5-17(3)26(18(4)6-2)24(27)21-16-23(19-12-8-7-9-13-19)25-22-15-11-10-14-20(21)22/h7-18H,5-6H2,1-4H3. The third kappa shape index (κ3) is 3.87. The number of nitrogens with zero attached hydrogens (tertiary/aromatic N) is 2. The number of rotatable bonds is 6. The van der Waals surface area contributed by atoms with Crippen LogP contribution in [-0.2, 0) is 0 Å². The zero-order valence-electron chi connectivity index (χ0n) is 16.6. The number of hydrogen-bond acceptors (Lipinski definition) is 2. The van der Waals surface area contributed by atoms with Gasteiger partial charge >= 0.3 is 0 Å². The van der Waals surface area contributed by atoms with Crippen molar-refractivity contribution in [3.63, 3.8) is 0 Å². The second-order valence-corrected chi connectivity index (χ2v) is 7.17. The Balaban J connectivity index is 2.18. The highest BCUT2D eigenvalue weighted by Crippen LogP contribution is 2.27. The Morgan fingerprint density at radius 1 is 0.926 bits per heavy atom. The van der Waals surface area contributed by atoms with Crippen molar-refractivity contribution in [2.24, 2.45) is 0 Å². The lowest BCUT2D eigenvalue weighted by molar-refractivity contribution is 0.0600. The van der Waals surface area contributed by atoms with Crippen molar-refractivity contribution in [2.75, 3.05) is 0 Å². The Labute approximate surface area is 162 Å². The lowest BCUT2D eigenvalue weighted by atomic mass is 10.0.